The van der Waals surface area contributed by atoms with Crippen molar-refractivity contribution in [2.45, 2.75) is 25.8 Å². The Morgan fingerprint density at radius 3 is 2.60 bits per heavy atom. The number of carbonyl (C=O) groups excluding carboxylic acids is 1. The number of carboxylic acids is 1. The van der Waals surface area contributed by atoms with Crippen molar-refractivity contribution >= 4 is 11.9 Å². The topological polar surface area (TPSA) is 66.8 Å². The van der Waals surface area contributed by atoms with Crippen LogP contribution in [0.1, 0.15) is 30.1 Å². The van der Waals surface area contributed by atoms with Crippen molar-refractivity contribution in [3.8, 4) is 5.75 Å². The minimum absolute atomic E-state index is 0.155. The number of rotatable bonds is 6. The predicted octanol–water partition coefficient (Wildman–Crippen LogP) is 2.02. The van der Waals surface area contributed by atoms with Gasteiger partial charge in [0.25, 0.3) is 5.91 Å². The van der Waals surface area contributed by atoms with Gasteiger partial charge in [0.1, 0.15) is 5.75 Å². The highest BCUT2D eigenvalue weighted by atomic mass is 16.5. The number of hydrogen-bond acceptors (Lipinski definition) is 3. The van der Waals surface area contributed by atoms with Crippen molar-refractivity contribution in [1.82, 2.24) is 4.90 Å². The van der Waals surface area contributed by atoms with Crippen LogP contribution in [0, 0.1) is 5.92 Å². The van der Waals surface area contributed by atoms with E-state index in [0.29, 0.717) is 11.3 Å². The van der Waals surface area contributed by atoms with Crippen LogP contribution in [0.25, 0.3) is 0 Å². The van der Waals surface area contributed by atoms with Crippen molar-refractivity contribution < 1.29 is 19.4 Å². The van der Waals surface area contributed by atoms with Gasteiger partial charge in [0.05, 0.1) is 18.6 Å². The highest BCUT2D eigenvalue weighted by molar-refractivity contribution is 5.97. The van der Waals surface area contributed by atoms with Crippen molar-refractivity contribution in [3.05, 3.63) is 29.8 Å². The molecule has 1 aromatic carbocycles. The van der Waals surface area contributed by atoms with E-state index in [0.717, 1.165) is 12.8 Å². The summed E-state index contributed by atoms with van der Waals surface area (Å²) in [5, 5.41) is 9.02. The second-order valence-corrected chi connectivity index (χ2v) is 5.13. The first kappa shape index (κ1) is 14.4. The normalized spacial score (nSPS) is 15.5. The molecule has 0 aliphatic heterocycles. The van der Waals surface area contributed by atoms with Gasteiger partial charge in [-0.3, -0.25) is 9.59 Å². The first-order valence-corrected chi connectivity index (χ1v) is 6.71. The fourth-order valence-corrected chi connectivity index (χ4v) is 2.13. The summed E-state index contributed by atoms with van der Waals surface area (Å²) < 4.78 is 5.21. The second-order valence-electron chi connectivity index (χ2n) is 5.13. The molecule has 1 fully saturated rings. The number of benzene rings is 1. The van der Waals surface area contributed by atoms with E-state index in [1.54, 1.807) is 36.1 Å². The van der Waals surface area contributed by atoms with Crippen LogP contribution in [0.3, 0.4) is 0 Å². The molecule has 1 amide bonds. The Hall–Kier alpha value is -2.04. The van der Waals surface area contributed by atoms with E-state index >= 15 is 0 Å². The molecule has 1 saturated carbocycles. The lowest BCUT2D eigenvalue weighted by Crippen LogP contribution is -2.38. The average molecular weight is 277 g/mol. The van der Waals surface area contributed by atoms with E-state index < -0.39 is 11.9 Å². The highest BCUT2D eigenvalue weighted by Crippen LogP contribution is 2.31. The Bertz CT molecular complexity index is 510. The molecule has 1 N–H and O–H groups in total. The largest absolute Gasteiger partial charge is 0.496 e. The first-order chi connectivity index (χ1) is 9.54. The van der Waals surface area contributed by atoms with Crippen LogP contribution in [0.4, 0.5) is 0 Å². The molecule has 20 heavy (non-hydrogen) atoms. The van der Waals surface area contributed by atoms with Gasteiger partial charge in [-0.15, -0.1) is 0 Å². The highest BCUT2D eigenvalue weighted by Gasteiger charge is 2.35. The fourth-order valence-electron chi connectivity index (χ4n) is 2.13. The van der Waals surface area contributed by atoms with Crippen LogP contribution in [0.15, 0.2) is 24.3 Å². The summed E-state index contributed by atoms with van der Waals surface area (Å²) >= 11 is 0. The van der Waals surface area contributed by atoms with Gasteiger partial charge in [0, 0.05) is 12.6 Å². The number of amides is 1. The molecule has 0 bridgehead atoms. The lowest BCUT2D eigenvalue weighted by atomic mass is 10.1. The Kier molecular flexibility index (Phi) is 4.27. The Balaban J connectivity index is 2.21. The summed E-state index contributed by atoms with van der Waals surface area (Å²) in [4.78, 5) is 25.3. The Labute approximate surface area is 118 Å². The molecule has 5 nitrogen and oxygen atoms in total. The lowest BCUT2D eigenvalue weighted by molar-refractivity contribution is -0.141. The average Bonchev–Trinajstić information content (AvgIpc) is 3.28. The maximum absolute atomic E-state index is 12.6. The lowest BCUT2D eigenvalue weighted by Gasteiger charge is -2.25. The maximum atomic E-state index is 12.6. The van der Waals surface area contributed by atoms with Gasteiger partial charge >= 0.3 is 5.97 Å². The summed E-state index contributed by atoms with van der Waals surface area (Å²) in [6, 6.07) is 7.19. The smallest absolute Gasteiger partial charge is 0.308 e. The van der Waals surface area contributed by atoms with E-state index in [4.69, 9.17) is 9.84 Å². The number of aliphatic carboxylic acids is 1. The number of para-hydroxylation sites is 1. The van der Waals surface area contributed by atoms with Crippen LogP contribution in [0.2, 0.25) is 0 Å². The number of nitrogens with zero attached hydrogens (tertiary/aromatic N) is 1. The molecule has 1 unspecified atom stereocenters. The zero-order chi connectivity index (χ0) is 14.7. The zero-order valence-corrected chi connectivity index (χ0v) is 11.7. The summed E-state index contributed by atoms with van der Waals surface area (Å²) in [5.41, 5.74) is 0.486. The van der Waals surface area contributed by atoms with Gasteiger partial charge in [-0.25, -0.2) is 0 Å². The van der Waals surface area contributed by atoms with Crippen LogP contribution in [-0.4, -0.2) is 41.6 Å². The first-order valence-electron chi connectivity index (χ1n) is 6.71. The van der Waals surface area contributed by atoms with E-state index in [1.807, 2.05) is 0 Å². The van der Waals surface area contributed by atoms with Crippen molar-refractivity contribution in [3.63, 3.8) is 0 Å². The zero-order valence-electron chi connectivity index (χ0n) is 11.7. The van der Waals surface area contributed by atoms with Gasteiger partial charge in [0.15, 0.2) is 0 Å². The quantitative estimate of drug-likeness (QED) is 0.864. The molecule has 0 radical (unpaired) electrons. The van der Waals surface area contributed by atoms with Crippen LogP contribution < -0.4 is 4.74 Å². The van der Waals surface area contributed by atoms with Gasteiger partial charge in [-0.1, -0.05) is 19.1 Å². The predicted molar refractivity (Wildman–Crippen MR) is 73.9 cm³/mol. The van der Waals surface area contributed by atoms with Crippen LogP contribution in [0.5, 0.6) is 5.75 Å². The van der Waals surface area contributed by atoms with E-state index in [-0.39, 0.29) is 18.5 Å². The van der Waals surface area contributed by atoms with E-state index in [9.17, 15) is 9.59 Å². The van der Waals surface area contributed by atoms with E-state index in [2.05, 4.69) is 0 Å². The second kappa shape index (κ2) is 5.94. The van der Waals surface area contributed by atoms with Gasteiger partial charge < -0.3 is 14.7 Å². The molecule has 0 aromatic heterocycles. The summed E-state index contributed by atoms with van der Waals surface area (Å²) in [6.45, 7) is 1.85. The number of carboxylic acid groups (broad SMARTS) is 1. The molecule has 1 atom stereocenters. The molecule has 0 heterocycles. The minimum Gasteiger partial charge on any atom is -0.496 e. The summed E-state index contributed by atoms with van der Waals surface area (Å²) in [7, 11) is 1.52. The molecule has 5 heteroatoms. The molecule has 2 rings (SSSR count). The molecular formula is C15H19NO4. The SMILES string of the molecule is COc1ccccc1C(=O)N(CC(C)C(=O)O)C1CC1. The third-order valence-electron chi connectivity index (χ3n) is 3.48. The molecule has 1 aliphatic rings. The third-order valence-corrected chi connectivity index (χ3v) is 3.48. The minimum atomic E-state index is -0.886. The summed E-state index contributed by atoms with van der Waals surface area (Å²) in [5.74, 6) is -1.10. The van der Waals surface area contributed by atoms with Gasteiger partial charge in [0.2, 0.25) is 0 Å². The molecule has 0 saturated heterocycles. The van der Waals surface area contributed by atoms with E-state index in [1.165, 1.54) is 7.11 Å². The molecule has 1 aliphatic carbocycles. The molecule has 0 spiro atoms. The third kappa shape index (κ3) is 3.10. The fraction of sp³-hybridized carbons (Fsp3) is 0.467. The van der Waals surface area contributed by atoms with Crippen LogP contribution in [-0.2, 0) is 4.79 Å². The van der Waals surface area contributed by atoms with Gasteiger partial charge in [-0.2, -0.15) is 0 Å². The standard InChI is InChI=1S/C15H19NO4/c1-10(15(18)19)9-16(11-7-8-11)14(17)12-5-3-4-6-13(12)20-2/h3-6,10-11H,7-9H2,1-2H3,(H,18,19). The van der Waals surface area contributed by atoms with Crippen molar-refractivity contribution in [2.24, 2.45) is 5.92 Å². The van der Waals surface area contributed by atoms with Crippen LogP contribution >= 0.6 is 0 Å². The number of hydrogen-bond donors (Lipinski definition) is 1. The van der Waals surface area contributed by atoms with Crippen molar-refractivity contribution in [1.29, 1.82) is 0 Å². The Morgan fingerprint density at radius 2 is 2.05 bits per heavy atom. The van der Waals surface area contributed by atoms with Crippen molar-refractivity contribution in [2.75, 3.05) is 13.7 Å². The van der Waals surface area contributed by atoms with Gasteiger partial charge in [-0.05, 0) is 25.0 Å². The number of ether oxygens (including phenoxy) is 1. The number of methoxy groups -OCH3 is 1. The monoisotopic (exact) mass is 277 g/mol. The number of carbonyl (C=O) groups is 2. The molecular weight excluding hydrogens is 258 g/mol. The maximum Gasteiger partial charge on any atom is 0.308 e. The molecule has 1 aromatic rings. The summed E-state index contributed by atoms with van der Waals surface area (Å²) in [6.07, 6.45) is 1.88. The Morgan fingerprint density at radius 1 is 1.40 bits per heavy atom. The molecule has 108 valence electrons.